The van der Waals surface area contributed by atoms with Crippen molar-refractivity contribution in [1.82, 2.24) is 4.90 Å². The number of hydrogen-bond acceptors (Lipinski definition) is 8. The van der Waals surface area contributed by atoms with Crippen molar-refractivity contribution in [3.63, 3.8) is 0 Å². The highest BCUT2D eigenvalue weighted by Gasteiger charge is 2.64. The molecule has 0 bridgehead atoms. The van der Waals surface area contributed by atoms with Crippen molar-refractivity contribution < 1.29 is 28.8 Å². The van der Waals surface area contributed by atoms with Crippen molar-refractivity contribution in [3.05, 3.63) is 99.2 Å². The number of nitrogens with zero attached hydrogens (tertiary/aromatic N) is 3. The number of hydrogen-bond donors (Lipinski definition) is 0. The molecule has 3 aromatic rings. The second kappa shape index (κ2) is 8.26. The van der Waals surface area contributed by atoms with Gasteiger partial charge in [0.05, 0.1) is 28.5 Å². The van der Waals surface area contributed by atoms with Crippen LogP contribution in [0, 0.1) is 28.9 Å². The average molecular weight is 524 g/mol. The van der Waals surface area contributed by atoms with Crippen LogP contribution in [-0.2, 0) is 9.59 Å². The number of carbonyl (C=O) groups is 3. The molecule has 2 saturated heterocycles. The van der Waals surface area contributed by atoms with Crippen LogP contribution in [0.15, 0.2) is 66.9 Å². The number of ether oxygens (including phenoxy) is 2. The third-order valence-electron chi connectivity index (χ3n) is 8.02. The van der Waals surface area contributed by atoms with Crippen molar-refractivity contribution in [2.45, 2.75) is 19.0 Å². The van der Waals surface area contributed by atoms with E-state index in [2.05, 4.69) is 0 Å². The normalized spacial score (nSPS) is 24.0. The number of ketones is 1. The van der Waals surface area contributed by atoms with Gasteiger partial charge in [-0.3, -0.25) is 24.5 Å². The number of carbonyl (C=O) groups excluding carboxylic acids is 3. The maximum atomic E-state index is 14.1. The minimum atomic E-state index is -0.953. The fourth-order valence-corrected chi connectivity index (χ4v) is 6.32. The van der Waals surface area contributed by atoms with Crippen LogP contribution in [0.25, 0.3) is 6.08 Å². The first kappa shape index (κ1) is 23.2. The van der Waals surface area contributed by atoms with E-state index in [4.69, 9.17) is 9.47 Å². The van der Waals surface area contributed by atoms with E-state index in [1.54, 1.807) is 31.3 Å². The highest BCUT2D eigenvalue weighted by molar-refractivity contribution is 6.25. The lowest BCUT2D eigenvalue weighted by Gasteiger charge is -2.35. The number of fused-ring (bicyclic) bond motifs is 6. The van der Waals surface area contributed by atoms with Gasteiger partial charge in [-0.05, 0) is 54.0 Å². The number of anilines is 1. The van der Waals surface area contributed by atoms with Crippen LogP contribution >= 0.6 is 0 Å². The smallest absolute Gasteiger partial charge is 0.269 e. The number of rotatable bonds is 4. The van der Waals surface area contributed by atoms with E-state index in [1.165, 1.54) is 18.2 Å². The molecule has 39 heavy (non-hydrogen) atoms. The Kier molecular flexibility index (Phi) is 4.90. The largest absolute Gasteiger partial charge is 0.454 e. The number of amides is 2. The molecular weight excluding hydrogens is 502 g/mol. The molecule has 194 valence electrons. The van der Waals surface area contributed by atoms with E-state index in [9.17, 15) is 24.5 Å². The molecule has 0 N–H and O–H groups in total. The third-order valence-corrected chi connectivity index (χ3v) is 8.02. The van der Waals surface area contributed by atoms with Crippen LogP contribution in [0.1, 0.15) is 33.1 Å². The predicted molar refractivity (Wildman–Crippen MR) is 138 cm³/mol. The van der Waals surface area contributed by atoms with Gasteiger partial charge >= 0.3 is 0 Å². The predicted octanol–water partition coefficient (Wildman–Crippen LogP) is 4.03. The number of nitro benzene ring substituents is 1. The van der Waals surface area contributed by atoms with Crippen LogP contribution in [0.3, 0.4) is 0 Å². The summed E-state index contributed by atoms with van der Waals surface area (Å²) in [5.41, 5.74) is 2.69. The molecule has 4 atom stereocenters. The molecule has 2 amide bonds. The van der Waals surface area contributed by atoms with Crippen LogP contribution in [0.4, 0.5) is 11.4 Å². The zero-order valence-corrected chi connectivity index (χ0v) is 20.6. The van der Waals surface area contributed by atoms with Crippen LogP contribution in [0.2, 0.25) is 0 Å². The van der Waals surface area contributed by atoms with Crippen LogP contribution < -0.4 is 14.4 Å². The summed E-state index contributed by atoms with van der Waals surface area (Å²) in [5.74, 6) is -2.02. The van der Waals surface area contributed by atoms with Crippen molar-refractivity contribution in [2.75, 3.05) is 11.7 Å². The topological polar surface area (TPSA) is 119 Å². The summed E-state index contributed by atoms with van der Waals surface area (Å²) in [4.78, 5) is 55.9. The maximum absolute atomic E-state index is 14.1. The van der Waals surface area contributed by atoms with Gasteiger partial charge in [0.2, 0.25) is 18.6 Å². The zero-order valence-electron chi connectivity index (χ0n) is 20.6. The lowest BCUT2D eigenvalue weighted by Crippen LogP contribution is -2.44. The molecule has 3 aromatic carbocycles. The second-order valence-corrected chi connectivity index (χ2v) is 10.0. The first-order valence-corrected chi connectivity index (χ1v) is 12.5. The van der Waals surface area contributed by atoms with Gasteiger partial charge in [0.1, 0.15) is 6.04 Å². The van der Waals surface area contributed by atoms with E-state index in [-0.39, 0.29) is 24.0 Å². The Bertz CT molecular complexity index is 1650. The van der Waals surface area contributed by atoms with Crippen molar-refractivity contribution in [3.8, 4) is 11.5 Å². The van der Waals surface area contributed by atoms with E-state index in [1.807, 2.05) is 35.2 Å². The Balaban J connectivity index is 1.35. The lowest BCUT2D eigenvalue weighted by atomic mass is 9.83. The number of imide groups is 1. The van der Waals surface area contributed by atoms with Gasteiger partial charge in [-0.1, -0.05) is 24.3 Å². The highest BCUT2D eigenvalue weighted by atomic mass is 16.7. The van der Waals surface area contributed by atoms with E-state index < -0.39 is 40.7 Å². The first-order chi connectivity index (χ1) is 18.8. The third kappa shape index (κ3) is 3.24. The van der Waals surface area contributed by atoms with E-state index in [0.29, 0.717) is 22.6 Å². The molecule has 4 unspecified atom stereocenters. The molecule has 0 spiro atoms. The SMILES string of the molecule is Cc1cc([N+](=O)[O-])ccc1N1C(=O)C2C(C1=O)C1c3ccccc3C=CN1C2C(=O)c1ccc2c(c1)OCO2. The Labute approximate surface area is 222 Å². The maximum Gasteiger partial charge on any atom is 0.269 e. The average Bonchev–Trinajstić information content (AvgIpc) is 3.61. The molecule has 0 radical (unpaired) electrons. The molecule has 10 heteroatoms. The number of nitro groups is 1. The van der Waals surface area contributed by atoms with Crippen LogP contribution in [-0.4, -0.2) is 40.3 Å². The Morgan fingerprint density at radius 1 is 0.974 bits per heavy atom. The lowest BCUT2D eigenvalue weighted by molar-refractivity contribution is -0.384. The van der Waals surface area contributed by atoms with Gasteiger partial charge in [0, 0.05) is 23.9 Å². The molecule has 4 heterocycles. The number of Topliss-reactive ketones (excluding diaryl/α,β-unsaturated/α-hetero) is 1. The molecule has 4 aliphatic rings. The molecule has 0 saturated carbocycles. The second-order valence-electron chi connectivity index (χ2n) is 10.0. The van der Waals surface area contributed by atoms with Gasteiger partial charge in [-0.2, -0.15) is 0 Å². The van der Waals surface area contributed by atoms with Crippen molar-refractivity contribution in [1.29, 1.82) is 0 Å². The number of aryl methyl sites for hydroxylation is 1. The van der Waals surface area contributed by atoms with Crippen molar-refractivity contribution in [2.24, 2.45) is 11.8 Å². The minimum absolute atomic E-state index is 0.0609. The summed E-state index contributed by atoms with van der Waals surface area (Å²) < 4.78 is 10.8. The molecule has 10 nitrogen and oxygen atoms in total. The molecular formula is C29H21N3O7. The summed E-state index contributed by atoms with van der Waals surface area (Å²) in [7, 11) is 0. The molecule has 0 aliphatic carbocycles. The Morgan fingerprint density at radius 3 is 2.54 bits per heavy atom. The van der Waals surface area contributed by atoms with Gasteiger partial charge in [0.15, 0.2) is 17.3 Å². The number of non-ortho nitro benzene ring substituents is 1. The highest BCUT2D eigenvalue weighted by Crippen LogP contribution is 2.54. The molecule has 2 fully saturated rings. The van der Waals surface area contributed by atoms with Crippen LogP contribution in [0.5, 0.6) is 11.5 Å². The van der Waals surface area contributed by atoms with Gasteiger partial charge in [-0.25, -0.2) is 4.90 Å². The summed E-state index contributed by atoms with van der Waals surface area (Å²) in [6, 6.07) is 15.1. The first-order valence-electron chi connectivity index (χ1n) is 12.5. The number of benzene rings is 3. The molecule has 0 aromatic heterocycles. The minimum Gasteiger partial charge on any atom is -0.454 e. The summed E-state index contributed by atoms with van der Waals surface area (Å²) >= 11 is 0. The quantitative estimate of drug-likeness (QED) is 0.218. The van der Waals surface area contributed by atoms with Gasteiger partial charge < -0.3 is 14.4 Å². The fraction of sp³-hybridized carbons (Fsp3) is 0.207. The molecule has 7 rings (SSSR count). The summed E-state index contributed by atoms with van der Waals surface area (Å²) in [6.45, 7) is 1.68. The van der Waals surface area contributed by atoms with Gasteiger partial charge in [0.25, 0.3) is 5.69 Å². The zero-order chi connectivity index (χ0) is 27.0. The Hall–Kier alpha value is -4.99. The molecule has 4 aliphatic heterocycles. The Morgan fingerprint density at radius 2 is 1.74 bits per heavy atom. The summed E-state index contributed by atoms with van der Waals surface area (Å²) in [5, 5.41) is 11.3. The van der Waals surface area contributed by atoms with Crippen molar-refractivity contribution >= 4 is 35.0 Å². The van der Waals surface area contributed by atoms with E-state index >= 15 is 0 Å². The fourth-order valence-electron chi connectivity index (χ4n) is 6.32. The monoisotopic (exact) mass is 523 g/mol. The summed E-state index contributed by atoms with van der Waals surface area (Å²) in [6.07, 6.45) is 3.68. The standard InChI is InChI=1S/C29H21N3O7/c1-15-12-18(32(36)37)7-8-20(15)31-28(34)23-24(29(31)35)26(27(33)17-6-9-21-22(13-17)39-14-38-21)30-11-10-16-4-2-3-5-19(16)25(23)30/h2-13,23-26H,14H2,1H3. The van der Waals surface area contributed by atoms with E-state index in [0.717, 1.165) is 16.0 Å². The van der Waals surface area contributed by atoms with Gasteiger partial charge in [-0.15, -0.1) is 0 Å².